The molecule has 1 amide bonds. The maximum atomic E-state index is 11.6. The van der Waals surface area contributed by atoms with Crippen LogP contribution in [0.25, 0.3) is 0 Å². The molecule has 19 heavy (non-hydrogen) atoms. The van der Waals surface area contributed by atoms with Crippen molar-refractivity contribution in [1.82, 2.24) is 5.43 Å². The number of nitrogens with zero attached hydrogens (tertiary/aromatic N) is 1. The molecule has 0 spiro atoms. The van der Waals surface area contributed by atoms with Crippen LogP contribution in [0.1, 0.15) is 33.6 Å². The van der Waals surface area contributed by atoms with E-state index in [0.717, 1.165) is 0 Å². The first kappa shape index (κ1) is 12.8. The first-order valence-electron chi connectivity index (χ1n) is 5.66. The molecule has 0 radical (unpaired) electrons. The zero-order valence-electron chi connectivity index (χ0n) is 10.3. The van der Waals surface area contributed by atoms with Gasteiger partial charge in [0.25, 0.3) is 5.91 Å². The van der Waals surface area contributed by atoms with Crippen molar-refractivity contribution in [2.45, 2.75) is 6.92 Å². The van der Waals surface area contributed by atoms with E-state index in [1.807, 2.05) is 6.07 Å². The maximum absolute atomic E-state index is 11.6. The number of benzene rings is 1. The van der Waals surface area contributed by atoms with Crippen LogP contribution in [0.3, 0.4) is 0 Å². The van der Waals surface area contributed by atoms with Crippen LogP contribution in [0.4, 0.5) is 0 Å². The van der Waals surface area contributed by atoms with Crippen molar-refractivity contribution < 1.29 is 14.0 Å². The van der Waals surface area contributed by atoms with Crippen molar-refractivity contribution in [1.29, 1.82) is 0 Å². The summed E-state index contributed by atoms with van der Waals surface area (Å²) < 4.78 is 5.18. The van der Waals surface area contributed by atoms with Crippen LogP contribution in [0.2, 0.25) is 0 Å². The van der Waals surface area contributed by atoms with E-state index in [9.17, 15) is 9.59 Å². The summed E-state index contributed by atoms with van der Waals surface area (Å²) in [6, 6.07) is 11.9. The van der Waals surface area contributed by atoms with Gasteiger partial charge in [-0.2, -0.15) is 5.10 Å². The molecule has 1 N–H and O–H groups in total. The minimum Gasteiger partial charge on any atom is -0.452 e. The third kappa shape index (κ3) is 3.38. The standard InChI is InChI=1S/C14H12N2O3/c1-10(17)13-8-7-12(19-13)9-15-16-14(18)11-5-3-2-4-6-11/h2-9H,1H3,(H,16,18)/b15-9+. The number of carbonyl (C=O) groups excluding carboxylic acids is 2. The van der Waals surface area contributed by atoms with Gasteiger partial charge in [0.2, 0.25) is 0 Å². The minimum atomic E-state index is -0.310. The van der Waals surface area contributed by atoms with E-state index in [1.165, 1.54) is 13.1 Å². The van der Waals surface area contributed by atoms with E-state index in [1.54, 1.807) is 36.4 Å². The molecule has 5 heteroatoms. The molecule has 0 saturated carbocycles. The molecule has 1 aromatic carbocycles. The van der Waals surface area contributed by atoms with Crippen LogP contribution >= 0.6 is 0 Å². The van der Waals surface area contributed by atoms with Crippen molar-refractivity contribution >= 4 is 17.9 Å². The molecule has 0 aliphatic heterocycles. The summed E-state index contributed by atoms with van der Waals surface area (Å²) in [5.74, 6) is 0.192. The second-order valence-electron chi connectivity index (χ2n) is 3.82. The van der Waals surface area contributed by atoms with E-state index >= 15 is 0 Å². The van der Waals surface area contributed by atoms with Gasteiger partial charge >= 0.3 is 0 Å². The van der Waals surface area contributed by atoms with Gasteiger partial charge in [-0.25, -0.2) is 5.43 Å². The van der Waals surface area contributed by atoms with Gasteiger partial charge in [0.05, 0.1) is 6.21 Å². The quantitative estimate of drug-likeness (QED) is 0.518. The highest BCUT2D eigenvalue weighted by molar-refractivity contribution is 5.95. The highest BCUT2D eigenvalue weighted by Crippen LogP contribution is 2.06. The third-order valence-electron chi connectivity index (χ3n) is 2.37. The van der Waals surface area contributed by atoms with Gasteiger partial charge in [-0.05, 0) is 24.3 Å². The van der Waals surface area contributed by atoms with E-state index in [4.69, 9.17) is 4.42 Å². The topological polar surface area (TPSA) is 71.7 Å². The second-order valence-corrected chi connectivity index (χ2v) is 3.82. The third-order valence-corrected chi connectivity index (χ3v) is 2.37. The summed E-state index contributed by atoms with van der Waals surface area (Å²) in [6.07, 6.45) is 1.34. The number of hydrazone groups is 1. The highest BCUT2D eigenvalue weighted by Gasteiger charge is 2.05. The number of carbonyl (C=O) groups is 2. The van der Waals surface area contributed by atoms with Gasteiger partial charge in [0.1, 0.15) is 5.76 Å². The minimum absolute atomic E-state index is 0.159. The smallest absolute Gasteiger partial charge is 0.271 e. The van der Waals surface area contributed by atoms with Crippen LogP contribution in [0, 0.1) is 0 Å². The predicted molar refractivity (Wildman–Crippen MR) is 70.2 cm³/mol. The van der Waals surface area contributed by atoms with Gasteiger partial charge in [0.15, 0.2) is 11.5 Å². The summed E-state index contributed by atoms with van der Waals surface area (Å²) in [7, 11) is 0. The molecule has 1 aromatic heterocycles. The lowest BCUT2D eigenvalue weighted by Crippen LogP contribution is -2.17. The lowest BCUT2D eigenvalue weighted by molar-refractivity contribution is 0.0952. The SMILES string of the molecule is CC(=O)c1ccc(/C=N/NC(=O)c2ccccc2)o1. The van der Waals surface area contributed by atoms with Crippen molar-refractivity contribution in [3.63, 3.8) is 0 Å². The predicted octanol–water partition coefficient (Wildman–Crippen LogP) is 2.25. The largest absolute Gasteiger partial charge is 0.452 e. The average Bonchev–Trinajstić information content (AvgIpc) is 2.89. The molecular weight excluding hydrogens is 244 g/mol. The van der Waals surface area contributed by atoms with Crippen LogP contribution in [-0.4, -0.2) is 17.9 Å². The number of rotatable bonds is 4. The normalized spacial score (nSPS) is 10.6. The molecule has 0 saturated heterocycles. The second kappa shape index (κ2) is 5.77. The Bertz CT molecular complexity index is 615. The molecule has 2 rings (SSSR count). The van der Waals surface area contributed by atoms with Crippen molar-refractivity contribution in [3.05, 3.63) is 59.5 Å². The summed E-state index contributed by atoms with van der Waals surface area (Å²) in [5.41, 5.74) is 2.89. The summed E-state index contributed by atoms with van der Waals surface area (Å²) in [6.45, 7) is 1.41. The zero-order valence-corrected chi connectivity index (χ0v) is 10.3. The lowest BCUT2D eigenvalue weighted by Gasteiger charge is -1.97. The molecule has 0 atom stereocenters. The van der Waals surface area contributed by atoms with E-state index in [0.29, 0.717) is 11.3 Å². The maximum Gasteiger partial charge on any atom is 0.271 e. The Balaban J connectivity index is 1.96. The first-order chi connectivity index (χ1) is 9.16. The summed E-state index contributed by atoms with van der Waals surface area (Å²) >= 11 is 0. The Labute approximate surface area is 109 Å². The van der Waals surface area contributed by atoms with Gasteiger partial charge in [-0.15, -0.1) is 0 Å². The average molecular weight is 256 g/mol. The monoisotopic (exact) mass is 256 g/mol. The van der Waals surface area contributed by atoms with Crippen LogP contribution in [0.15, 0.2) is 52.0 Å². The fourth-order valence-corrected chi connectivity index (χ4v) is 1.42. The highest BCUT2D eigenvalue weighted by atomic mass is 16.3. The van der Waals surface area contributed by atoms with Crippen LogP contribution in [-0.2, 0) is 0 Å². The molecule has 2 aromatic rings. The van der Waals surface area contributed by atoms with Crippen molar-refractivity contribution in [2.24, 2.45) is 5.10 Å². The fourth-order valence-electron chi connectivity index (χ4n) is 1.42. The van der Waals surface area contributed by atoms with Crippen molar-refractivity contribution in [3.8, 4) is 0 Å². The Morgan fingerprint density at radius 3 is 2.53 bits per heavy atom. The number of hydrogen-bond acceptors (Lipinski definition) is 4. The molecule has 0 fully saturated rings. The number of furan rings is 1. The number of amides is 1. The molecule has 0 aliphatic carbocycles. The number of hydrogen-bond donors (Lipinski definition) is 1. The zero-order chi connectivity index (χ0) is 13.7. The molecule has 1 heterocycles. The molecule has 5 nitrogen and oxygen atoms in total. The van der Waals surface area contributed by atoms with Crippen molar-refractivity contribution in [2.75, 3.05) is 0 Å². The van der Waals surface area contributed by atoms with E-state index in [2.05, 4.69) is 10.5 Å². The fraction of sp³-hybridized carbons (Fsp3) is 0.0714. The number of Topliss-reactive ketones (excluding diaryl/α,β-unsaturated/α-hetero) is 1. The lowest BCUT2D eigenvalue weighted by atomic mass is 10.2. The summed E-state index contributed by atoms with van der Waals surface area (Å²) in [4.78, 5) is 22.7. The molecular formula is C14H12N2O3. The summed E-state index contributed by atoms with van der Waals surface area (Å²) in [5, 5.41) is 3.76. The number of nitrogens with one attached hydrogen (secondary N) is 1. The van der Waals surface area contributed by atoms with Gasteiger partial charge < -0.3 is 4.42 Å². The van der Waals surface area contributed by atoms with E-state index < -0.39 is 0 Å². The Morgan fingerprint density at radius 1 is 1.16 bits per heavy atom. The molecule has 96 valence electrons. The Hall–Kier alpha value is -2.69. The Kier molecular flexibility index (Phi) is 3.87. The Morgan fingerprint density at radius 2 is 1.89 bits per heavy atom. The first-order valence-corrected chi connectivity index (χ1v) is 5.66. The van der Waals surface area contributed by atoms with Gasteiger partial charge in [-0.3, -0.25) is 9.59 Å². The molecule has 0 aliphatic rings. The van der Waals surface area contributed by atoms with Gasteiger partial charge in [-0.1, -0.05) is 18.2 Å². The number of ketones is 1. The van der Waals surface area contributed by atoms with E-state index in [-0.39, 0.29) is 17.5 Å². The van der Waals surface area contributed by atoms with Crippen LogP contribution in [0.5, 0.6) is 0 Å². The van der Waals surface area contributed by atoms with Gasteiger partial charge in [0, 0.05) is 12.5 Å². The molecule has 0 unspecified atom stereocenters. The van der Waals surface area contributed by atoms with Crippen LogP contribution < -0.4 is 5.43 Å². The molecule has 0 bridgehead atoms.